The topological polar surface area (TPSA) is 64.1 Å². The van der Waals surface area contributed by atoms with Crippen LogP contribution in [0.15, 0.2) is 23.2 Å². The summed E-state index contributed by atoms with van der Waals surface area (Å²) in [6, 6.07) is 5.81. The van der Waals surface area contributed by atoms with Crippen LogP contribution in [0.1, 0.15) is 26.3 Å². The van der Waals surface area contributed by atoms with Crippen LogP contribution in [-0.4, -0.2) is 47.0 Å². The van der Waals surface area contributed by atoms with E-state index in [1.54, 1.807) is 28.4 Å². The van der Waals surface area contributed by atoms with Crippen molar-refractivity contribution in [3.8, 4) is 11.5 Å². The Morgan fingerprint density at radius 3 is 2.33 bits per heavy atom. The molecule has 0 radical (unpaired) electrons. The Kier molecular flexibility index (Phi) is 7.85. The highest BCUT2D eigenvalue weighted by atomic mass is 16.5. The van der Waals surface area contributed by atoms with Crippen molar-refractivity contribution in [2.75, 3.05) is 34.9 Å². The lowest BCUT2D eigenvalue weighted by atomic mass is 9.89. The van der Waals surface area contributed by atoms with E-state index < -0.39 is 0 Å². The van der Waals surface area contributed by atoms with Gasteiger partial charge in [-0.25, -0.2) is 0 Å². The minimum Gasteiger partial charge on any atom is -0.493 e. The average Bonchev–Trinajstić information content (AvgIpc) is 2.56. The van der Waals surface area contributed by atoms with Crippen LogP contribution in [0, 0.1) is 5.41 Å². The lowest BCUT2D eigenvalue weighted by molar-refractivity contribution is 0.0205. The van der Waals surface area contributed by atoms with Crippen LogP contribution in [-0.2, 0) is 11.3 Å². The number of methoxy groups -OCH3 is 3. The molecular weight excluding hydrogens is 306 g/mol. The van der Waals surface area contributed by atoms with Crippen LogP contribution in [0.4, 0.5) is 0 Å². The summed E-state index contributed by atoms with van der Waals surface area (Å²) >= 11 is 0. The second kappa shape index (κ2) is 9.37. The fourth-order valence-electron chi connectivity index (χ4n) is 2.42. The molecule has 2 N–H and O–H groups in total. The molecule has 6 heteroatoms. The van der Waals surface area contributed by atoms with Crippen molar-refractivity contribution >= 4 is 5.96 Å². The van der Waals surface area contributed by atoms with Gasteiger partial charge in [-0.2, -0.15) is 0 Å². The number of hydrogen-bond acceptors (Lipinski definition) is 4. The zero-order valence-corrected chi connectivity index (χ0v) is 15.9. The largest absolute Gasteiger partial charge is 0.493 e. The van der Waals surface area contributed by atoms with Crippen molar-refractivity contribution in [1.29, 1.82) is 0 Å². The Bertz CT molecular complexity index is 539. The smallest absolute Gasteiger partial charge is 0.191 e. The minimum atomic E-state index is 0.0522. The van der Waals surface area contributed by atoms with Crippen molar-refractivity contribution in [2.24, 2.45) is 10.4 Å². The predicted molar refractivity (Wildman–Crippen MR) is 98.0 cm³/mol. The second-order valence-electron chi connectivity index (χ2n) is 6.55. The Labute approximate surface area is 145 Å². The average molecular weight is 337 g/mol. The molecule has 0 aromatic heterocycles. The third-order valence-electron chi connectivity index (χ3n) is 3.86. The van der Waals surface area contributed by atoms with Gasteiger partial charge in [-0.15, -0.1) is 0 Å². The van der Waals surface area contributed by atoms with Gasteiger partial charge in [0.05, 0.1) is 20.3 Å². The molecule has 0 amide bonds. The van der Waals surface area contributed by atoms with Crippen molar-refractivity contribution < 1.29 is 14.2 Å². The van der Waals surface area contributed by atoms with E-state index in [1.165, 1.54) is 0 Å². The first-order chi connectivity index (χ1) is 11.4. The monoisotopic (exact) mass is 337 g/mol. The quantitative estimate of drug-likeness (QED) is 0.591. The predicted octanol–water partition coefficient (Wildman–Crippen LogP) is 2.43. The van der Waals surface area contributed by atoms with Gasteiger partial charge in [0, 0.05) is 32.8 Å². The molecular formula is C18H31N3O3. The second-order valence-corrected chi connectivity index (χ2v) is 6.55. The van der Waals surface area contributed by atoms with Crippen LogP contribution in [0.5, 0.6) is 11.5 Å². The van der Waals surface area contributed by atoms with E-state index in [4.69, 9.17) is 14.2 Å². The van der Waals surface area contributed by atoms with E-state index in [-0.39, 0.29) is 11.5 Å². The van der Waals surface area contributed by atoms with Gasteiger partial charge in [-0.3, -0.25) is 4.99 Å². The van der Waals surface area contributed by atoms with Gasteiger partial charge in [0.1, 0.15) is 0 Å². The summed E-state index contributed by atoms with van der Waals surface area (Å²) in [4.78, 5) is 4.26. The lowest BCUT2D eigenvalue weighted by Crippen LogP contribution is -2.45. The lowest BCUT2D eigenvalue weighted by Gasteiger charge is -2.30. The van der Waals surface area contributed by atoms with E-state index >= 15 is 0 Å². The summed E-state index contributed by atoms with van der Waals surface area (Å²) in [7, 11) is 6.75. The molecule has 0 bridgehead atoms. The van der Waals surface area contributed by atoms with Crippen LogP contribution in [0.25, 0.3) is 0 Å². The maximum Gasteiger partial charge on any atom is 0.191 e. The Morgan fingerprint density at radius 2 is 1.83 bits per heavy atom. The van der Waals surface area contributed by atoms with Crippen LogP contribution < -0.4 is 20.1 Å². The fourth-order valence-corrected chi connectivity index (χ4v) is 2.42. The Balaban J connectivity index is 2.68. The third-order valence-corrected chi connectivity index (χ3v) is 3.86. The Hall–Kier alpha value is -1.95. The molecule has 1 aromatic carbocycles. The van der Waals surface area contributed by atoms with Crippen molar-refractivity contribution in [1.82, 2.24) is 10.6 Å². The molecule has 1 unspecified atom stereocenters. The molecule has 136 valence electrons. The highest BCUT2D eigenvalue weighted by Gasteiger charge is 2.24. The number of hydrogen-bond donors (Lipinski definition) is 2. The summed E-state index contributed by atoms with van der Waals surface area (Å²) in [5, 5.41) is 6.60. The molecule has 1 rings (SSSR count). The normalized spacial score (nSPS) is 13.4. The molecule has 0 heterocycles. The summed E-state index contributed by atoms with van der Waals surface area (Å²) in [6.07, 6.45) is 0.0856. The number of ether oxygens (including phenoxy) is 3. The molecule has 0 fully saturated rings. The van der Waals surface area contributed by atoms with Gasteiger partial charge >= 0.3 is 0 Å². The maximum atomic E-state index is 5.56. The SMILES string of the molecule is CN=C(NCc1cccc(OC)c1OC)NCC(OC)C(C)(C)C. The first kappa shape index (κ1) is 20.1. The van der Waals surface area contributed by atoms with E-state index in [1.807, 2.05) is 18.2 Å². The first-order valence-corrected chi connectivity index (χ1v) is 8.04. The van der Waals surface area contributed by atoms with E-state index in [2.05, 4.69) is 36.4 Å². The van der Waals surface area contributed by atoms with E-state index in [0.29, 0.717) is 24.8 Å². The van der Waals surface area contributed by atoms with Gasteiger partial charge < -0.3 is 24.8 Å². The van der Waals surface area contributed by atoms with Crippen molar-refractivity contribution in [3.63, 3.8) is 0 Å². The third kappa shape index (κ3) is 5.60. The van der Waals surface area contributed by atoms with E-state index in [0.717, 1.165) is 11.3 Å². The zero-order chi connectivity index (χ0) is 18.2. The molecule has 0 saturated heterocycles. The van der Waals surface area contributed by atoms with Crippen LogP contribution in [0.3, 0.4) is 0 Å². The number of rotatable bonds is 7. The molecule has 6 nitrogen and oxygen atoms in total. The number of nitrogens with zero attached hydrogens (tertiary/aromatic N) is 1. The summed E-state index contributed by atoms with van der Waals surface area (Å²) in [5.41, 5.74) is 1.05. The number of para-hydroxylation sites is 1. The highest BCUT2D eigenvalue weighted by Crippen LogP contribution is 2.30. The van der Waals surface area contributed by atoms with Gasteiger partial charge in [0.15, 0.2) is 17.5 Å². The molecule has 1 atom stereocenters. The minimum absolute atomic E-state index is 0.0522. The van der Waals surface area contributed by atoms with Crippen molar-refractivity contribution in [2.45, 2.75) is 33.4 Å². The van der Waals surface area contributed by atoms with Crippen LogP contribution in [0.2, 0.25) is 0 Å². The molecule has 0 aliphatic carbocycles. The number of guanidine groups is 1. The zero-order valence-electron chi connectivity index (χ0n) is 15.9. The highest BCUT2D eigenvalue weighted by molar-refractivity contribution is 5.79. The van der Waals surface area contributed by atoms with Gasteiger partial charge in [0.2, 0.25) is 0 Å². The number of benzene rings is 1. The Morgan fingerprint density at radius 1 is 1.12 bits per heavy atom. The molecule has 1 aromatic rings. The van der Waals surface area contributed by atoms with Gasteiger partial charge in [0.25, 0.3) is 0 Å². The summed E-state index contributed by atoms with van der Waals surface area (Å²) in [6.45, 7) is 7.71. The maximum absolute atomic E-state index is 5.56. The van der Waals surface area contributed by atoms with Gasteiger partial charge in [-0.1, -0.05) is 32.9 Å². The summed E-state index contributed by atoms with van der Waals surface area (Å²) in [5.74, 6) is 2.16. The van der Waals surface area contributed by atoms with Crippen LogP contribution >= 0.6 is 0 Å². The fraction of sp³-hybridized carbons (Fsp3) is 0.611. The number of nitrogens with one attached hydrogen (secondary N) is 2. The van der Waals surface area contributed by atoms with Crippen molar-refractivity contribution in [3.05, 3.63) is 23.8 Å². The van der Waals surface area contributed by atoms with Gasteiger partial charge in [-0.05, 0) is 11.5 Å². The number of aliphatic imine (C=N–C) groups is 1. The molecule has 0 aliphatic rings. The van der Waals surface area contributed by atoms with E-state index in [9.17, 15) is 0 Å². The molecule has 0 saturated carbocycles. The summed E-state index contributed by atoms with van der Waals surface area (Å²) < 4.78 is 16.3. The molecule has 0 spiro atoms. The first-order valence-electron chi connectivity index (χ1n) is 8.04. The molecule has 24 heavy (non-hydrogen) atoms. The molecule has 0 aliphatic heterocycles. The standard InChI is InChI=1S/C18H31N3O3/c1-18(2,3)15(23-6)12-21-17(19-4)20-11-13-9-8-10-14(22-5)16(13)24-7/h8-10,15H,11-12H2,1-7H3,(H2,19,20,21).